The summed E-state index contributed by atoms with van der Waals surface area (Å²) in [5, 5.41) is 27.3. The van der Waals surface area contributed by atoms with E-state index in [4.69, 9.17) is 27.1 Å². The molecule has 3 aromatic carbocycles. The SMILES string of the molecule is Cc1sc2c(c1C)C(c1ccc(Cl)cc1)=N[C@@H](CC(=O)NC[C@H]1NC(=O)[C@@H](CCCCN)NC(=O)[C@@H](Cc3ccc(-c4ccccc4)cc3)NC(=O)[C@@H]3CCCN3C(=O)C(C(C)(C)C)NC(=O)COCCNC1=O)c1nnc(C)n1-2. The summed E-state index contributed by atoms with van der Waals surface area (Å²) < 4.78 is 7.58. The molecule has 22 heteroatoms. The number of amides is 7. The Kier molecular flexibility index (Phi) is 19.3. The number of hydrogen-bond acceptors (Lipinski definition) is 13. The lowest BCUT2D eigenvalue weighted by molar-refractivity contribution is -0.145. The van der Waals surface area contributed by atoms with Crippen molar-refractivity contribution in [3.63, 3.8) is 0 Å². The van der Waals surface area contributed by atoms with Gasteiger partial charge in [-0.1, -0.05) is 99.1 Å². The number of carbonyl (C=O) groups is 7. The first kappa shape index (κ1) is 58.8. The maximum absolute atomic E-state index is 14.8. The Hall–Kier alpha value is -7.33. The minimum atomic E-state index is -1.39. The van der Waals surface area contributed by atoms with Crippen LogP contribution in [0.2, 0.25) is 5.02 Å². The van der Waals surface area contributed by atoms with Gasteiger partial charge in [-0.3, -0.25) is 43.1 Å². The van der Waals surface area contributed by atoms with Gasteiger partial charge in [0, 0.05) is 47.1 Å². The van der Waals surface area contributed by atoms with E-state index in [9.17, 15) is 33.6 Å². The molecule has 1 unspecified atom stereocenters. The van der Waals surface area contributed by atoms with E-state index in [1.54, 1.807) is 44.2 Å². The first-order chi connectivity index (χ1) is 38.3. The van der Waals surface area contributed by atoms with E-state index in [1.807, 2.05) is 92.1 Å². The highest BCUT2D eigenvalue weighted by molar-refractivity contribution is 7.15. The van der Waals surface area contributed by atoms with E-state index >= 15 is 0 Å². The number of aliphatic imine (C=N–C) groups is 1. The molecule has 20 nitrogen and oxygen atoms in total. The number of thiophene rings is 1. The third-order valence-electron chi connectivity index (χ3n) is 14.6. The maximum Gasteiger partial charge on any atom is 0.246 e. The number of aryl methyl sites for hydroxylation is 2. The fourth-order valence-electron chi connectivity index (χ4n) is 10.1. The average Bonchev–Trinajstić information content (AvgIpc) is 4.23. The maximum atomic E-state index is 14.8. The highest BCUT2D eigenvalue weighted by Gasteiger charge is 2.43. The van der Waals surface area contributed by atoms with Gasteiger partial charge in [0.25, 0.3) is 0 Å². The van der Waals surface area contributed by atoms with Crippen LogP contribution < -0.4 is 37.6 Å². The second-order valence-electron chi connectivity index (χ2n) is 21.5. The van der Waals surface area contributed by atoms with E-state index in [1.165, 1.54) is 4.90 Å². The number of halogens is 1. The number of nitrogens with two attached hydrogens (primary N) is 1. The van der Waals surface area contributed by atoms with Gasteiger partial charge < -0.3 is 47.3 Å². The van der Waals surface area contributed by atoms with Crippen LogP contribution in [0.3, 0.4) is 0 Å². The van der Waals surface area contributed by atoms with Crippen molar-refractivity contribution in [3.8, 4) is 16.1 Å². The molecule has 0 aliphatic carbocycles. The van der Waals surface area contributed by atoms with Crippen molar-refractivity contribution in [2.75, 3.05) is 39.4 Å². The summed E-state index contributed by atoms with van der Waals surface area (Å²) >= 11 is 7.89. The molecule has 8 N–H and O–H groups in total. The minimum absolute atomic E-state index is 0.0117. The highest BCUT2D eigenvalue weighted by atomic mass is 35.5. The summed E-state index contributed by atoms with van der Waals surface area (Å²) in [6.45, 7) is 10.8. The lowest BCUT2D eigenvalue weighted by Gasteiger charge is -2.35. The third kappa shape index (κ3) is 14.2. The average molecular weight is 1130 g/mol. The number of benzene rings is 3. The van der Waals surface area contributed by atoms with Crippen molar-refractivity contribution < 1.29 is 38.3 Å². The number of unbranched alkanes of at least 4 members (excludes halogenated alkanes) is 1. The highest BCUT2D eigenvalue weighted by Crippen LogP contribution is 2.40. The van der Waals surface area contributed by atoms with Gasteiger partial charge >= 0.3 is 0 Å². The van der Waals surface area contributed by atoms with Gasteiger partial charge in [-0.15, -0.1) is 21.5 Å². The Labute approximate surface area is 474 Å². The first-order valence-corrected chi connectivity index (χ1v) is 28.3. The molecule has 2 aromatic heterocycles. The van der Waals surface area contributed by atoms with Gasteiger partial charge in [0.15, 0.2) is 5.82 Å². The Morgan fingerprint density at radius 3 is 2.20 bits per heavy atom. The van der Waals surface area contributed by atoms with E-state index in [0.717, 1.165) is 37.7 Å². The van der Waals surface area contributed by atoms with Crippen molar-refractivity contribution in [1.29, 1.82) is 0 Å². The van der Waals surface area contributed by atoms with Crippen LogP contribution in [0.5, 0.6) is 0 Å². The predicted molar refractivity (Wildman–Crippen MR) is 305 cm³/mol. The van der Waals surface area contributed by atoms with Crippen LogP contribution in [-0.2, 0) is 44.7 Å². The summed E-state index contributed by atoms with van der Waals surface area (Å²) in [6, 6.07) is 17.9. The van der Waals surface area contributed by atoms with Crippen molar-refractivity contribution in [3.05, 3.63) is 123 Å². The normalized spacial score (nSPS) is 21.8. The molecule has 5 aromatic rings. The van der Waals surface area contributed by atoms with E-state index < -0.39 is 96.2 Å². The molecule has 424 valence electrons. The number of rotatable bonds is 12. The number of fused-ring (bicyclic) bond motifs is 4. The van der Waals surface area contributed by atoms with Crippen molar-refractivity contribution in [2.45, 2.75) is 123 Å². The largest absolute Gasteiger partial charge is 0.370 e. The van der Waals surface area contributed by atoms with Gasteiger partial charge in [-0.25, -0.2) is 0 Å². The molecule has 3 aliphatic rings. The van der Waals surface area contributed by atoms with Gasteiger partial charge in [0.1, 0.15) is 53.7 Å². The molecular weight excluding hydrogens is 1060 g/mol. The molecule has 0 radical (unpaired) electrons. The van der Waals surface area contributed by atoms with Crippen LogP contribution >= 0.6 is 22.9 Å². The molecule has 0 bridgehead atoms. The monoisotopic (exact) mass is 1130 g/mol. The molecule has 80 heavy (non-hydrogen) atoms. The number of carbonyl (C=O) groups excluding carboxylic acids is 7. The van der Waals surface area contributed by atoms with Crippen molar-refractivity contribution in [2.24, 2.45) is 16.1 Å². The smallest absolute Gasteiger partial charge is 0.246 e. The lowest BCUT2D eigenvalue weighted by Crippen LogP contribution is -2.61. The molecule has 5 heterocycles. The summed E-state index contributed by atoms with van der Waals surface area (Å²) in [6.07, 6.45) is 1.63. The molecule has 8 rings (SSSR count). The molecule has 3 aliphatic heterocycles. The zero-order valence-electron chi connectivity index (χ0n) is 46.0. The van der Waals surface area contributed by atoms with Crippen LogP contribution in [0, 0.1) is 26.2 Å². The van der Waals surface area contributed by atoms with Crippen LogP contribution in [-0.4, -0.2) is 136 Å². The molecular formula is C58H71ClN12O8S. The molecule has 2 fully saturated rings. The van der Waals surface area contributed by atoms with E-state index in [2.05, 4.69) is 42.1 Å². The molecule has 7 amide bonds. The second kappa shape index (κ2) is 26.3. The van der Waals surface area contributed by atoms with Crippen LogP contribution in [0.1, 0.15) is 104 Å². The zero-order valence-corrected chi connectivity index (χ0v) is 47.6. The molecule has 6 atom stereocenters. The van der Waals surface area contributed by atoms with Gasteiger partial charge in [-0.2, -0.15) is 0 Å². The van der Waals surface area contributed by atoms with Crippen molar-refractivity contribution in [1.82, 2.24) is 51.6 Å². The molecule has 0 saturated carbocycles. The number of nitrogens with zero attached hydrogens (tertiary/aromatic N) is 5. The first-order valence-electron chi connectivity index (χ1n) is 27.1. The summed E-state index contributed by atoms with van der Waals surface area (Å²) in [5.74, 6) is -3.21. The Morgan fingerprint density at radius 2 is 1.49 bits per heavy atom. The fourth-order valence-corrected chi connectivity index (χ4v) is 11.5. The minimum Gasteiger partial charge on any atom is -0.370 e. The summed E-state index contributed by atoms with van der Waals surface area (Å²) in [5.41, 5.74) is 11.1. The summed E-state index contributed by atoms with van der Waals surface area (Å²) in [4.78, 5) is 108. The van der Waals surface area contributed by atoms with Crippen LogP contribution in [0.4, 0.5) is 0 Å². The van der Waals surface area contributed by atoms with Crippen LogP contribution in [0.15, 0.2) is 83.9 Å². The number of hydrogen-bond donors (Lipinski definition) is 7. The zero-order chi connectivity index (χ0) is 57.3. The van der Waals surface area contributed by atoms with E-state index in [0.29, 0.717) is 60.2 Å². The lowest BCUT2D eigenvalue weighted by atomic mass is 9.85. The predicted octanol–water partition coefficient (Wildman–Crippen LogP) is 4.47. The van der Waals surface area contributed by atoms with Crippen LogP contribution in [0.25, 0.3) is 16.1 Å². The Bertz CT molecular complexity index is 3100. The summed E-state index contributed by atoms with van der Waals surface area (Å²) in [7, 11) is 0. The third-order valence-corrected chi connectivity index (χ3v) is 16.1. The fraction of sp³-hybridized carbons (Fsp3) is 0.448. The quantitative estimate of drug-likeness (QED) is 0.0857. The van der Waals surface area contributed by atoms with Crippen molar-refractivity contribution >= 4 is 70.0 Å². The number of aromatic nitrogens is 3. The number of nitrogens with one attached hydrogen (secondary N) is 6. The number of ether oxygens (including phenoxy) is 1. The van der Waals surface area contributed by atoms with Gasteiger partial charge in [-0.05, 0) is 99.2 Å². The Morgan fingerprint density at radius 1 is 0.812 bits per heavy atom. The topological polar surface area (TPSA) is 273 Å². The standard InChI is InChI=1S/C58H71ClN12O8S/c1-33-34(2)80-57-48(33)49(39-21-23-40(59)24-22-39)63-42(51-69-68-35(3)71(51)57)30-46(72)62-31-44-52(74)61-26-28-79-32-47(73)67-50(58(4,5)6)56(78)70-27-12-16-45(70)55(77)65-43(54(76)64-41(53(75)66-44)15-10-11-25-60)29-36-17-19-38(20-18-36)37-13-8-7-9-14-37/h7-9,13-14,17-24,41-45,50H,10-12,15-16,25-32,60H2,1-6H3,(H,61,74)(H,62,72)(H,64,76)(H,65,77)(H,66,75)(H,67,73)/t41-,42+,43-,44-,45+,50?/m1/s1. The molecule has 0 spiro atoms. The Balaban J connectivity index is 1.08. The van der Waals surface area contributed by atoms with Gasteiger partial charge in [0.2, 0.25) is 41.4 Å². The molecule has 2 saturated heterocycles. The second-order valence-corrected chi connectivity index (χ2v) is 23.2. The van der Waals surface area contributed by atoms with E-state index in [-0.39, 0.29) is 39.0 Å². The van der Waals surface area contributed by atoms with Gasteiger partial charge in [0.05, 0.1) is 18.7 Å².